The lowest BCUT2D eigenvalue weighted by atomic mass is 9.84. The fraction of sp³-hybridized carbons (Fsp3) is 0.613. The summed E-state index contributed by atoms with van der Waals surface area (Å²) in [6.07, 6.45) is 5.39. The van der Waals surface area contributed by atoms with E-state index in [1.807, 2.05) is 18.2 Å². The van der Waals surface area contributed by atoms with E-state index in [-0.39, 0.29) is 17.8 Å². The van der Waals surface area contributed by atoms with Crippen molar-refractivity contribution in [2.45, 2.75) is 51.4 Å². The van der Waals surface area contributed by atoms with Crippen molar-refractivity contribution in [2.75, 3.05) is 72.1 Å². The van der Waals surface area contributed by atoms with Gasteiger partial charge in [-0.1, -0.05) is 13.0 Å². The standard InChI is InChI=1S/C31H45N3O6/c1-31(9-8-26-7-6-23-5-4-11-32-30(23)33-26)10-12-34(22-31)21-25(19-29(35)36)24-17-27(39-15-13-37-2)20-28(18-24)40-16-14-38-3/h6-7,17-18,20,25H,4-5,8-16,19,21-22H2,1-3H3,(H,32,33)(H,35,36)/t25-,31-/m1/s1. The second-order valence-electron chi connectivity index (χ2n) is 11.4. The van der Waals surface area contributed by atoms with Gasteiger partial charge in [-0.05, 0) is 73.4 Å². The molecule has 9 nitrogen and oxygen atoms in total. The lowest BCUT2D eigenvalue weighted by Crippen LogP contribution is -2.30. The zero-order chi connectivity index (χ0) is 28.4. The zero-order valence-corrected chi connectivity index (χ0v) is 24.2. The van der Waals surface area contributed by atoms with E-state index in [0.29, 0.717) is 44.5 Å². The number of aryl methyl sites for hydroxylation is 2. The number of carboxylic acids is 1. The molecule has 9 heteroatoms. The molecule has 0 spiro atoms. The number of aromatic nitrogens is 1. The number of nitrogens with zero attached hydrogens (tertiary/aromatic N) is 2. The van der Waals surface area contributed by atoms with Gasteiger partial charge in [0.15, 0.2) is 0 Å². The number of ether oxygens (including phenoxy) is 4. The van der Waals surface area contributed by atoms with Crippen molar-refractivity contribution >= 4 is 11.8 Å². The number of carbonyl (C=O) groups is 1. The van der Waals surface area contributed by atoms with E-state index in [2.05, 4.69) is 29.3 Å². The fourth-order valence-electron chi connectivity index (χ4n) is 5.72. The molecule has 4 rings (SSSR count). The molecule has 0 saturated carbocycles. The van der Waals surface area contributed by atoms with Gasteiger partial charge in [-0.3, -0.25) is 4.79 Å². The van der Waals surface area contributed by atoms with Crippen LogP contribution in [-0.4, -0.2) is 87.8 Å². The van der Waals surface area contributed by atoms with Crippen LogP contribution in [0.1, 0.15) is 55.3 Å². The second kappa shape index (κ2) is 14.7. The van der Waals surface area contributed by atoms with E-state index < -0.39 is 5.97 Å². The van der Waals surface area contributed by atoms with E-state index in [4.69, 9.17) is 23.9 Å². The minimum atomic E-state index is -0.813. The van der Waals surface area contributed by atoms with Crippen molar-refractivity contribution in [1.29, 1.82) is 0 Å². The molecule has 2 aliphatic heterocycles. The van der Waals surface area contributed by atoms with Crippen LogP contribution in [-0.2, 0) is 27.1 Å². The number of benzene rings is 1. The summed E-state index contributed by atoms with van der Waals surface area (Å²) in [5, 5.41) is 13.2. The van der Waals surface area contributed by atoms with E-state index in [0.717, 1.165) is 68.8 Å². The number of pyridine rings is 1. The molecule has 0 radical (unpaired) electrons. The second-order valence-corrected chi connectivity index (χ2v) is 11.4. The van der Waals surface area contributed by atoms with E-state index in [1.165, 1.54) is 5.56 Å². The van der Waals surface area contributed by atoms with Crippen LogP contribution in [0.5, 0.6) is 11.5 Å². The van der Waals surface area contributed by atoms with Crippen molar-refractivity contribution in [1.82, 2.24) is 9.88 Å². The molecule has 1 saturated heterocycles. The number of rotatable bonds is 16. The number of likely N-dealkylation sites (tertiary alicyclic amines) is 1. The predicted molar refractivity (Wildman–Crippen MR) is 155 cm³/mol. The van der Waals surface area contributed by atoms with Gasteiger partial charge in [-0.2, -0.15) is 0 Å². The van der Waals surface area contributed by atoms with Crippen molar-refractivity contribution in [2.24, 2.45) is 5.41 Å². The van der Waals surface area contributed by atoms with Gasteiger partial charge < -0.3 is 34.3 Å². The topological polar surface area (TPSA) is 102 Å². The van der Waals surface area contributed by atoms with Gasteiger partial charge in [-0.25, -0.2) is 4.98 Å². The molecule has 40 heavy (non-hydrogen) atoms. The number of hydrogen-bond donors (Lipinski definition) is 2. The number of methoxy groups -OCH3 is 2. The minimum absolute atomic E-state index is 0.0400. The Balaban J connectivity index is 1.42. The highest BCUT2D eigenvalue weighted by molar-refractivity contribution is 5.68. The lowest BCUT2D eigenvalue weighted by molar-refractivity contribution is -0.137. The summed E-state index contributed by atoms with van der Waals surface area (Å²) in [5.74, 6) is 1.35. The van der Waals surface area contributed by atoms with Gasteiger partial charge in [0, 0.05) is 51.5 Å². The van der Waals surface area contributed by atoms with Gasteiger partial charge in [0.25, 0.3) is 0 Å². The molecule has 0 unspecified atom stereocenters. The molecular formula is C31H45N3O6. The highest BCUT2D eigenvalue weighted by Crippen LogP contribution is 2.37. The maximum atomic E-state index is 11.9. The maximum Gasteiger partial charge on any atom is 0.304 e. The van der Waals surface area contributed by atoms with Crippen LogP contribution in [0.2, 0.25) is 0 Å². The highest BCUT2D eigenvalue weighted by atomic mass is 16.5. The Morgan fingerprint density at radius 1 is 1.10 bits per heavy atom. The summed E-state index contributed by atoms with van der Waals surface area (Å²) in [4.78, 5) is 19.2. The molecule has 2 atom stereocenters. The molecule has 1 aromatic carbocycles. The van der Waals surface area contributed by atoms with Crippen LogP contribution in [0.15, 0.2) is 30.3 Å². The van der Waals surface area contributed by atoms with Crippen LogP contribution in [0.4, 0.5) is 5.82 Å². The fourth-order valence-corrected chi connectivity index (χ4v) is 5.72. The van der Waals surface area contributed by atoms with Crippen molar-refractivity contribution in [3.05, 3.63) is 47.2 Å². The Labute approximate surface area is 238 Å². The van der Waals surface area contributed by atoms with Crippen LogP contribution in [0.25, 0.3) is 0 Å². The smallest absolute Gasteiger partial charge is 0.304 e. The quantitative estimate of drug-likeness (QED) is 0.292. The summed E-state index contributed by atoms with van der Waals surface area (Å²) in [6, 6.07) is 10.1. The number of nitrogens with one attached hydrogen (secondary N) is 1. The van der Waals surface area contributed by atoms with Gasteiger partial charge >= 0.3 is 5.97 Å². The Morgan fingerprint density at radius 2 is 1.82 bits per heavy atom. The monoisotopic (exact) mass is 555 g/mol. The first-order valence-corrected chi connectivity index (χ1v) is 14.4. The van der Waals surface area contributed by atoms with Crippen molar-refractivity contribution < 1.29 is 28.8 Å². The molecule has 220 valence electrons. The predicted octanol–water partition coefficient (Wildman–Crippen LogP) is 4.39. The zero-order valence-electron chi connectivity index (χ0n) is 24.2. The Bertz CT molecular complexity index is 1080. The Kier molecular flexibility index (Phi) is 11.0. The normalized spacial score (nSPS) is 19.6. The summed E-state index contributed by atoms with van der Waals surface area (Å²) < 4.78 is 22.0. The van der Waals surface area contributed by atoms with Gasteiger partial charge in [0.1, 0.15) is 30.5 Å². The van der Waals surface area contributed by atoms with Gasteiger partial charge in [0.05, 0.1) is 19.6 Å². The first kappa shape index (κ1) is 30.1. The van der Waals surface area contributed by atoms with Crippen LogP contribution in [0, 0.1) is 5.41 Å². The van der Waals surface area contributed by atoms with Gasteiger partial charge in [0.2, 0.25) is 0 Å². The van der Waals surface area contributed by atoms with Gasteiger partial charge in [-0.15, -0.1) is 0 Å². The van der Waals surface area contributed by atoms with Crippen LogP contribution >= 0.6 is 0 Å². The third-order valence-electron chi connectivity index (χ3n) is 7.96. The van der Waals surface area contributed by atoms with Crippen molar-refractivity contribution in [3.8, 4) is 11.5 Å². The largest absolute Gasteiger partial charge is 0.491 e. The average molecular weight is 556 g/mol. The molecule has 3 heterocycles. The summed E-state index contributed by atoms with van der Waals surface area (Å²) in [5.41, 5.74) is 3.53. The van der Waals surface area contributed by atoms with E-state index in [1.54, 1.807) is 14.2 Å². The first-order chi connectivity index (χ1) is 19.4. The number of carboxylic acid groups (broad SMARTS) is 1. The number of anilines is 1. The third-order valence-corrected chi connectivity index (χ3v) is 7.96. The van der Waals surface area contributed by atoms with E-state index >= 15 is 0 Å². The summed E-state index contributed by atoms with van der Waals surface area (Å²) in [6.45, 7) is 7.64. The lowest BCUT2D eigenvalue weighted by Gasteiger charge is -2.27. The molecule has 0 bridgehead atoms. The maximum absolute atomic E-state index is 11.9. The Morgan fingerprint density at radius 3 is 2.50 bits per heavy atom. The van der Waals surface area contributed by atoms with E-state index in [9.17, 15) is 9.90 Å². The molecule has 0 amide bonds. The molecule has 2 aliphatic rings. The summed E-state index contributed by atoms with van der Waals surface area (Å²) >= 11 is 0. The van der Waals surface area contributed by atoms with Crippen molar-refractivity contribution in [3.63, 3.8) is 0 Å². The highest BCUT2D eigenvalue weighted by Gasteiger charge is 2.35. The third kappa shape index (κ3) is 8.81. The summed E-state index contributed by atoms with van der Waals surface area (Å²) in [7, 11) is 3.26. The number of aliphatic carboxylic acids is 1. The average Bonchev–Trinajstić information content (AvgIpc) is 3.32. The number of hydrogen-bond acceptors (Lipinski definition) is 8. The SMILES string of the molecule is COCCOc1cc(OCCOC)cc([C@H](CC(=O)O)CN2CC[C@@](C)(CCc3ccc4c(n3)NCCC4)C2)c1. The molecule has 2 aromatic rings. The van der Waals surface area contributed by atoms with Crippen LogP contribution < -0.4 is 14.8 Å². The minimum Gasteiger partial charge on any atom is -0.491 e. The molecule has 2 N–H and O–H groups in total. The Hall–Kier alpha value is -2.88. The molecule has 1 aromatic heterocycles. The molecule has 0 aliphatic carbocycles. The van der Waals surface area contributed by atoms with Crippen LogP contribution in [0.3, 0.4) is 0 Å². The first-order valence-electron chi connectivity index (χ1n) is 14.4. The molecular weight excluding hydrogens is 510 g/mol. The molecule has 1 fully saturated rings. The number of fused-ring (bicyclic) bond motifs is 1.